The Labute approximate surface area is 99.1 Å². The maximum atomic E-state index is 13.1. The lowest BCUT2D eigenvalue weighted by Crippen LogP contribution is -2.20. The van der Waals surface area contributed by atoms with Gasteiger partial charge in [-0.1, -0.05) is 36.8 Å². The van der Waals surface area contributed by atoms with Crippen molar-refractivity contribution in [3.8, 4) is 0 Å². The van der Waals surface area contributed by atoms with Crippen molar-refractivity contribution in [3.05, 3.63) is 42.0 Å². The summed E-state index contributed by atoms with van der Waals surface area (Å²) in [6.07, 6.45) is 0.913. The van der Waals surface area contributed by atoms with E-state index in [1.54, 1.807) is 30.3 Å². The molecule has 0 aliphatic heterocycles. The molecule has 1 unspecified atom stereocenters. The summed E-state index contributed by atoms with van der Waals surface area (Å²) >= 11 is 0. The topological polar surface area (TPSA) is 17.1 Å². The predicted molar refractivity (Wildman–Crippen MR) is 62.5 cm³/mol. The van der Waals surface area contributed by atoms with Gasteiger partial charge in [-0.2, -0.15) is 8.78 Å². The lowest BCUT2D eigenvalue weighted by Gasteiger charge is -2.22. The normalized spacial score (nSPS) is 20.1. The summed E-state index contributed by atoms with van der Waals surface area (Å²) in [7, 11) is 0. The van der Waals surface area contributed by atoms with E-state index in [1.165, 1.54) is 0 Å². The Hall–Kier alpha value is -1.51. The molecule has 1 atom stereocenters. The van der Waals surface area contributed by atoms with E-state index < -0.39 is 12.0 Å². The zero-order valence-corrected chi connectivity index (χ0v) is 9.46. The number of allylic oxidation sites excluding steroid dienone is 1. The summed E-state index contributed by atoms with van der Waals surface area (Å²) in [5.74, 6) is -0.668. The molecule has 1 fully saturated rings. The predicted octanol–water partition coefficient (Wildman–Crippen LogP) is 4.05. The van der Waals surface area contributed by atoms with Crippen LogP contribution in [0, 0.1) is 5.92 Å². The van der Waals surface area contributed by atoms with E-state index in [9.17, 15) is 13.6 Å². The van der Waals surface area contributed by atoms with Crippen molar-refractivity contribution in [1.82, 2.24) is 0 Å². The van der Waals surface area contributed by atoms with E-state index in [1.807, 2.05) is 0 Å². The highest BCUT2D eigenvalue weighted by molar-refractivity contribution is 5.94. The van der Waals surface area contributed by atoms with Crippen LogP contribution >= 0.6 is 0 Å². The van der Waals surface area contributed by atoms with Gasteiger partial charge in [-0.25, -0.2) is 0 Å². The fourth-order valence-corrected chi connectivity index (χ4v) is 2.35. The smallest absolute Gasteiger partial charge is 0.274 e. The highest BCUT2D eigenvalue weighted by atomic mass is 19.3. The van der Waals surface area contributed by atoms with Crippen LogP contribution < -0.4 is 0 Å². The van der Waals surface area contributed by atoms with Gasteiger partial charge in [0.05, 0.1) is 0 Å². The Morgan fingerprint density at radius 3 is 2.41 bits per heavy atom. The number of carbonyl (C=O) groups excluding carboxylic acids is 1. The monoisotopic (exact) mass is 236 g/mol. The molecule has 1 aliphatic rings. The number of carbonyl (C=O) groups is 1. The molecule has 90 valence electrons. The van der Waals surface area contributed by atoms with Gasteiger partial charge in [0.1, 0.15) is 5.78 Å². The van der Waals surface area contributed by atoms with Crippen molar-refractivity contribution in [2.75, 3.05) is 0 Å². The van der Waals surface area contributed by atoms with Gasteiger partial charge in [0.25, 0.3) is 6.08 Å². The van der Waals surface area contributed by atoms with Crippen LogP contribution in [0.4, 0.5) is 8.78 Å². The third-order valence-electron chi connectivity index (χ3n) is 3.19. The fraction of sp³-hybridized carbons (Fsp3) is 0.357. The molecule has 3 heteroatoms. The minimum absolute atomic E-state index is 0.0529. The summed E-state index contributed by atoms with van der Waals surface area (Å²) < 4.78 is 26.1. The van der Waals surface area contributed by atoms with Gasteiger partial charge >= 0.3 is 0 Å². The van der Waals surface area contributed by atoms with Crippen molar-refractivity contribution in [2.45, 2.75) is 25.7 Å². The average molecular weight is 236 g/mol. The molecule has 0 amide bonds. The van der Waals surface area contributed by atoms with E-state index in [0.29, 0.717) is 18.4 Å². The summed E-state index contributed by atoms with van der Waals surface area (Å²) in [5, 5.41) is 0. The van der Waals surface area contributed by atoms with Gasteiger partial charge in [0.15, 0.2) is 0 Å². The second kappa shape index (κ2) is 5.21. The van der Waals surface area contributed by atoms with Gasteiger partial charge in [0, 0.05) is 17.9 Å². The Balaban J connectivity index is 2.37. The maximum absolute atomic E-state index is 13.1. The molecule has 0 N–H and O–H groups in total. The fourth-order valence-electron chi connectivity index (χ4n) is 2.35. The minimum atomic E-state index is -1.73. The minimum Gasteiger partial charge on any atom is -0.299 e. The summed E-state index contributed by atoms with van der Waals surface area (Å²) in [5.41, 5.74) is 0.392. The molecule has 1 aromatic carbocycles. The second-order valence-electron chi connectivity index (χ2n) is 4.30. The Morgan fingerprint density at radius 2 is 1.82 bits per heavy atom. The molecular formula is C14H14F2O. The van der Waals surface area contributed by atoms with Crippen LogP contribution in [0.2, 0.25) is 0 Å². The van der Waals surface area contributed by atoms with E-state index in [2.05, 4.69) is 0 Å². The van der Waals surface area contributed by atoms with Crippen LogP contribution in [0.15, 0.2) is 36.4 Å². The van der Waals surface area contributed by atoms with Crippen LogP contribution in [-0.4, -0.2) is 5.78 Å². The largest absolute Gasteiger partial charge is 0.299 e. The SMILES string of the molecule is O=C1CCCCC1C(=C(F)F)c1ccccc1. The third kappa shape index (κ3) is 2.60. The van der Waals surface area contributed by atoms with Gasteiger partial charge in [0.2, 0.25) is 0 Å². The molecule has 1 aliphatic carbocycles. The Morgan fingerprint density at radius 1 is 1.12 bits per heavy atom. The van der Waals surface area contributed by atoms with Crippen LogP contribution in [0.5, 0.6) is 0 Å². The number of hydrogen-bond donors (Lipinski definition) is 0. The number of hydrogen-bond acceptors (Lipinski definition) is 1. The molecule has 17 heavy (non-hydrogen) atoms. The molecule has 0 spiro atoms. The van der Waals surface area contributed by atoms with Crippen molar-refractivity contribution in [2.24, 2.45) is 5.92 Å². The van der Waals surface area contributed by atoms with Crippen molar-refractivity contribution < 1.29 is 13.6 Å². The van der Waals surface area contributed by atoms with Crippen LogP contribution in [0.25, 0.3) is 5.57 Å². The summed E-state index contributed by atoms with van der Waals surface area (Å²) in [4.78, 5) is 11.7. The first-order chi connectivity index (χ1) is 8.20. The first kappa shape index (κ1) is 12.0. The first-order valence-electron chi connectivity index (χ1n) is 5.83. The highest BCUT2D eigenvalue weighted by Gasteiger charge is 2.29. The zero-order chi connectivity index (χ0) is 12.3. The lowest BCUT2D eigenvalue weighted by molar-refractivity contribution is -0.122. The molecule has 1 nitrogen and oxygen atoms in total. The molecule has 1 aromatic rings. The molecule has 0 aromatic heterocycles. The van der Waals surface area contributed by atoms with E-state index in [-0.39, 0.29) is 11.4 Å². The molecule has 1 saturated carbocycles. The van der Waals surface area contributed by atoms with Crippen LogP contribution in [0.3, 0.4) is 0 Å². The number of Topliss-reactive ketones (excluding diaryl/α,β-unsaturated/α-hetero) is 1. The molecule has 2 rings (SSSR count). The van der Waals surface area contributed by atoms with Crippen molar-refractivity contribution in [1.29, 1.82) is 0 Å². The average Bonchev–Trinajstić information content (AvgIpc) is 2.33. The number of halogens is 2. The molecule has 0 radical (unpaired) electrons. The quantitative estimate of drug-likeness (QED) is 0.757. The standard InChI is InChI=1S/C14H14F2O/c15-14(16)13(10-6-2-1-3-7-10)11-8-4-5-9-12(11)17/h1-3,6-7,11H,4-5,8-9H2. The molecular weight excluding hydrogens is 222 g/mol. The van der Waals surface area contributed by atoms with Gasteiger partial charge < -0.3 is 0 Å². The van der Waals surface area contributed by atoms with Crippen LogP contribution in [0.1, 0.15) is 31.2 Å². The second-order valence-corrected chi connectivity index (χ2v) is 4.30. The summed E-state index contributed by atoms with van der Waals surface area (Å²) in [6.45, 7) is 0. The lowest BCUT2D eigenvalue weighted by atomic mass is 9.80. The molecule has 0 saturated heterocycles. The van der Waals surface area contributed by atoms with Gasteiger partial charge in [-0.05, 0) is 18.4 Å². The van der Waals surface area contributed by atoms with Crippen LogP contribution in [-0.2, 0) is 4.79 Å². The highest BCUT2D eigenvalue weighted by Crippen LogP contribution is 2.36. The zero-order valence-electron chi connectivity index (χ0n) is 9.46. The van der Waals surface area contributed by atoms with E-state index in [4.69, 9.17) is 0 Å². The van der Waals surface area contributed by atoms with E-state index in [0.717, 1.165) is 12.8 Å². The number of benzene rings is 1. The van der Waals surface area contributed by atoms with Crippen molar-refractivity contribution >= 4 is 11.4 Å². The first-order valence-corrected chi connectivity index (χ1v) is 5.83. The maximum Gasteiger partial charge on any atom is 0.274 e. The molecule has 0 bridgehead atoms. The van der Waals surface area contributed by atoms with Gasteiger partial charge in [-0.3, -0.25) is 4.79 Å². The Bertz CT molecular complexity index is 433. The van der Waals surface area contributed by atoms with Gasteiger partial charge in [-0.15, -0.1) is 0 Å². The number of rotatable bonds is 2. The van der Waals surface area contributed by atoms with E-state index >= 15 is 0 Å². The number of ketones is 1. The third-order valence-corrected chi connectivity index (χ3v) is 3.19. The molecule has 0 heterocycles. The van der Waals surface area contributed by atoms with Crippen molar-refractivity contribution in [3.63, 3.8) is 0 Å². The Kier molecular flexibility index (Phi) is 3.67. The summed E-state index contributed by atoms with van der Waals surface area (Å²) in [6, 6.07) is 8.48.